The first-order valence-corrected chi connectivity index (χ1v) is 12.3. The van der Waals surface area contributed by atoms with E-state index in [0.717, 1.165) is 20.8 Å². The summed E-state index contributed by atoms with van der Waals surface area (Å²) in [6.45, 7) is 2.98. The molecular formula is C27H26N4O4S. The molecule has 8 nitrogen and oxygen atoms in total. The Balaban J connectivity index is 1.21. The Morgan fingerprint density at radius 1 is 1.00 bits per heavy atom. The van der Waals surface area contributed by atoms with Crippen molar-refractivity contribution in [1.29, 1.82) is 0 Å². The van der Waals surface area contributed by atoms with Crippen LogP contribution in [-0.2, 0) is 4.79 Å². The van der Waals surface area contributed by atoms with Crippen molar-refractivity contribution in [2.75, 3.05) is 44.1 Å². The molecule has 3 amide bonds. The zero-order chi connectivity index (χ0) is 25.2. The maximum absolute atomic E-state index is 12.9. The van der Waals surface area contributed by atoms with Crippen LogP contribution >= 0.6 is 11.3 Å². The molecule has 9 heteroatoms. The summed E-state index contributed by atoms with van der Waals surface area (Å²) in [6.07, 6.45) is 0. The zero-order valence-corrected chi connectivity index (χ0v) is 21.1. The normalized spacial score (nSPS) is 13.4. The van der Waals surface area contributed by atoms with E-state index in [9.17, 15) is 9.59 Å². The van der Waals surface area contributed by atoms with Crippen LogP contribution in [0.25, 0.3) is 20.8 Å². The van der Waals surface area contributed by atoms with Crippen molar-refractivity contribution in [3.63, 3.8) is 0 Å². The summed E-state index contributed by atoms with van der Waals surface area (Å²) < 4.78 is 11.8. The first kappa shape index (κ1) is 23.6. The van der Waals surface area contributed by atoms with Crippen LogP contribution in [-0.4, -0.2) is 55.7 Å². The molecule has 2 heterocycles. The van der Waals surface area contributed by atoms with Crippen molar-refractivity contribution >= 4 is 44.9 Å². The minimum Gasteiger partial charge on any atom is -0.493 e. The number of hydrogen-bond donors (Lipinski definition) is 1. The number of aromatic nitrogens is 1. The fourth-order valence-corrected chi connectivity index (χ4v) is 5.26. The van der Waals surface area contributed by atoms with E-state index in [1.54, 1.807) is 48.7 Å². The minimum absolute atomic E-state index is 0.0262. The maximum Gasteiger partial charge on any atom is 0.325 e. The number of thiazole rings is 1. The average molecular weight is 503 g/mol. The number of methoxy groups -OCH3 is 2. The summed E-state index contributed by atoms with van der Waals surface area (Å²) in [5.41, 5.74) is 4.55. The molecule has 1 aromatic heterocycles. The molecule has 3 aromatic carbocycles. The van der Waals surface area contributed by atoms with Gasteiger partial charge >= 0.3 is 6.03 Å². The predicted molar refractivity (Wildman–Crippen MR) is 142 cm³/mol. The summed E-state index contributed by atoms with van der Waals surface area (Å²) in [6, 6.07) is 18.9. The van der Waals surface area contributed by atoms with E-state index in [1.165, 1.54) is 10.5 Å². The SMILES string of the molecule is COc1ccc(N2CCN(CC(=O)Nc3ccc(-c4nc5ccc(C)cc5s4)cc3)C2=O)cc1OC. The quantitative estimate of drug-likeness (QED) is 0.377. The molecule has 0 atom stereocenters. The molecule has 0 saturated carbocycles. The van der Waals surface area contributed by atoms with Crippen LogP contribution in [0.3, 0.4) is 0 Å². The second-order valence-electron chi connectivity index (χ2n) is 8.51. The van der Waals surface area contributed by atoms with Crippen LogP contribution in [0.5, 0.6) is 11.5 Å². The lowest BCUT2D eigenvalue weighted by molar-refractivity contribution is -0.116. The Bertz CT molecular complexity index is 1430. The minimum atomic E-state index is -0.249. The predicted octanol–water partition coefficient (Wildman–Crippen LogP) is 5.17. The standard InChI is InChI=1S/C27H26N4O4S/c1-17-4-10-21-24(14-17)36-26(29-21)18-5-7-19(8-6-18)28-25(32)16-30-12-13-31(27(30)33)20-9-11-22(34-2)23(15-20)35-3/h4-11,14-15H,12-13,16H2,1-3H3,(H,28,32). The Morgan fingerprint density at radius 2 is 1.78 bits per heavy atom. The van der Waals surface area contributed by atoms with Crippen LogP contribution < -0.4 is 19.7 Å². The number of rotatable bonds is 7. The van der Waals surface area contributed by atoms with Crippen LogP contribution in [0.15, 0.2) is 60.7 Å². The summed E-state index contributed by atoms with van der Waals surface area (Å²) in [4.78, 5) is 33.5. The molecule has 0 radical (unpaired) electrons. The maximum atomic E-state index is 12.9. The topological polar surface area (TPSA) is 84.0 Å². The average Bonchev–Trinajstić information content (AvgIpc) is 3.47. The van der Waals surface area contributed by atoms with Gasteiger partial charge in [0.2, 0.25) is 5.91 Å². The summed E-state index contributed by atoms with van der Waals surface area (Å²) >= 11 is 1.65. The van der Waals surface area contributed by atoms with Gasteiger partial charge in [0.05, 0.1) is 24.4 Å². The smallest absolute Gasteiger partial charge is 0.325 e. The summed E-state index contributed by atoms with van der Waals surface area (Å²) in [7, 11) is 3.12. The summed E-state index contributed by atoms with van der Waals surface area (Å²) in [5.74, 6) is 0.887. The Kier molecular flexibility index (Phi) is 6.47. The molecular weight excluding hydrogens is 476 g/mol. The van der Waals surface area contributed by atoms with Gasteiger partial charge in [0, 0.05) is 36.1 Å². The molecule has 0 unspecified atom stereocenters. The fraction of sp³-hybridized carbons (Fsp3) is 0.222. The molecule has 1 fully saturated rings. The van der Waals surface area contributed by atoms with Crippen LogP contribution in [0.2, 0.25) is 0 Å². The highest BCUT2D eigenvalue weighted by Gasteiger charge is 2.31. The van der Waals surface area contributed by atoms with E-state index in [4.69, 9.17) is 14.5 Å². The van der Waals surface area contributed by atoms with Gasteiger partial charge in [-0.25, -0.2) is 9.78 Å². The van der Waals surface area contributed by atoms with Gasteiger partial charge in [-0.15, -0.1) is 11.3 Å². The molecule has 0 bridgehead atoms. The van der Waals surface area contributed by atoms with Crippen LogP contribution in [0, 0.1) is 6.92 Å². The van der Waals surface area contributed by atoms with Gasteiger partial charge in [-0.3, -0.25) is 9.69 Å². The van der Waals surface area contributed by atoms with E-state index in [-0.39, 0.29) is 18.5 Å². The second kappa shape index (κ2) is 9.87. The van der Waals surface area contributed by atoms with Gasteiger partial charge in [-0.1, -0.05) is 6.07 Å². The van der Waals surface area contributed by atoms with E-state index in [0.29, 0.717) is 36.0 Å². The van der Waals surface area contributed by atoms with Crippen molar-refractivity contribution in [3.05, 3.63) is 66.2 Å². The second-order valence-corrected chi connectivity index (χ2v) is 9.54. The third kappa shape index (κ3) is 4.70. The number of carbonyl (C=O) groups excluding carboxylic acids is 2. The number of carbonyl (C=O) groups is 2. The highest BCUT2D eigenvalue weighted by atomic mass is 32.1. The number of ether oxygens (including phenoxy) is 2. The van der Waals surface area contributed by atoms with E-state index >= 15 is 0 Å². The van der Waals surface area contributed by atoms with E-state index in [1.807, 2.05) is 30.3 Å². The van der Waals surface area contributed by atoms with Gasteiger partial charge in [-0.2, -0.15) is 0 Å². The molecule has 1 aliphatic heterocycles. The van der Waals surface area contributed by atoms with Crippen molar-refractivity contribution in [2.45, 2.75) is 6.92 Å². The Morgan fingerprint density at radius 3 is 2.53 bits per heavy atom. The van der Waals surface area contributed by atoms with Crippen molar-refractivity contribution in [1.82, 2.24) is 9.88 Å². The number of nitrogens with one attached hydrogen (secondary N) is 1. The molecule has 1 N–H and O–H groups in total. The third-order valence-electron chi connectivity index (χ3n) is 6.07. The third-order valence-corrected chi connectivity index (χ3v) is 7.14. The molecule has 36 heavy (non-hydrogen) atoms. The number of anilines is 2. The van der Waals surface area contributed by atoms with E-state index in [2.05, 4.69) is 24.4 Å². The lowest BCUT2D eigenvalue weighted by atomic mass is 10.2. The highest BCUT2D eigenvalue weighted by molar-refractivity contribution is 7.21. The monoisotopic (exact) mass is 502 g/mol. The first-order valence-electron chi connectivity index (χ1n) is 11.5. The molecule has 1 aliphatic rings. The van der Waals surface area contributed by atoms with Crippen LogP contribution in [0.4, 0.5) is 16.2 Å². The van der Waals surface area contributed by atoms with E-state index < -0.39 is 0 Å². The zero-order valence-electron chi connectivity index (χ0n) is 20.3. The molecule has 184 valence electrons. The molecule has 4 aromatic rings. The lowest BCUT2D eigenvalue weighted by Crippen LogP contribution is -2.37. The number of fused-ring (bicyclic) bond motifs is 1. The van der Waals surface area contributed by atoms with Gasteiger partial charge in [0.1, 0.15) is 11.6 Å². The van der Waals surface area contributed by atoms with Gasteiger partial charge in [0.25, 0.3) is 0 Å². The highest BCUT2D eigenvalue weighted by Crippen LogP contribution is 2.33. The lowest BCUT2D eigenvalue weighted by Gasteiger charge is -2.19. The van der Waals surface area contributed by atoms with Crippen LogP contribution in [0.1, 0.15) is 5.56 Å². The van der Waals surface area contributed by atoms with Gasteiger partial charge in [-0.05, 0) is 61.0 Å². The number of aryl methyl sites for hydroxylation is 1. The van der Waals surface area contributed by atoms with Gasteiger partial charge < -0.3 is 19.7 Å². The number of benzene rings is 3. The number of amides is 3. The first-order chi connectivity index (χ1) is 17.4. The Labute approximate surface area is 213 Å². The number of hydrogen-bond acceptors (Lipinski definition) is 6. The van der Waals surface area contributed by atoms with Crippen molar-refractivity contribution in [3.8, 4) is 22.1 Å². The van der Waals surface area contributed by atoms with Crippen molar-refractivity contribution < 1.29 is 19.1 Å². The molecule has 5 rings (SSSR count). The number of nitrogens with zero attached hydrogens (tertiary/aromatic N) is 3. The molecule has 0 spiro atoms. The fourth-order valence-electron chi connectivity index (χ4n) is 4.19. The van der Waals surface area contributed by atoms with Crippen molar-refractivity contribution in [2.24, 2.45) is 0 Å². The largest absolute Gasteiger partial charge is 0.493 e. The molecule has 1 saturated heterocycles. The Hall–Kier alpha value is -4.11. The molecule has 0 aliphatic carbocycles. The van der Waals surface area contributed by atoms with Gasteiger partial charge in [0.15, 0.2) is 11.5 Å². The summed E-state index contributed by atoms with van der Waals surface area (Å²) in [5, 5.41) is 3.82. The number of urea groups is 1.